The van der Waals surface area contributed by atoms with Crippen LogP contribution >= 0.6 is 15.9 Å². The fraction of sp³-hybridized carbons (Fsp3) is 0.267. The third kappa shape index (κ3) is 2.72. The molecule has 0 atom stereocenters. The molecule has 2 heterocycles. The Morgan fingerprint density at radius 2 is 1.75 bits per heavy atom. The number of rotatable bonds is 2. The van der Waals surface area contributed by atoms with Gasteiger partial charge in [-0.25, -0.2) is 4.98 Å². The van der Waals surface area contributed by atoms with Crippen LogP contribution in [0.1, 0.15) is 0 Å². The van der Waals surface area contributed by atoms with Crippen molar-refractivity contribution in [3.05, 3.63) is 47.1 Å². The van der Waals surface area contributed by atoms with Gasteiger partial charge in [-0.3, -0.25) is 0 Å². The first kappa shape index (κ1) is 13.2. The van der Waals surface area contributed by atoms with Gasteiger partial charge in [-0.1, -0.05) is 22.0 Å². The van der Waals surface area contributed by atoms with Crippen LogP contribution in [-0.4, -0.2) is 31.2 Å². The number of hydrogen-bond donors (Lipinski definition) is 1. The Bertz CT molecular complexity index is 580. The van der Waals surface area contributed by atoms with E-state index in [1.807, 2.05) is 30.5 Å². The molecule has 104 valence electrons. The summed E-state index contributed by atoms with van der Waals surface area (Å²) in [6.07, 6.45) is 1.84. The van der Waals surface area contributed by atoms with Crippen LogP contribution in [0.25, 0.3) is 0 Å². The highest BCUT2D eigenvalue weighted by atomic mass is 79.9. The molecule has 0 bridgehead atoms. The Morgan fingerprint density at radius 1 is 1.00 bits per heavy atom. The number of pyridine rings is 1. The van der Waals surface area contributed by atoms with E-state index in [9.17, 15) is 0 Å². The first-order chi connectivity index (χ1) is 9.74. The summed E-state index contributed by atoms with van der Waals surface area (Å²) in [5.41, 5.74) is 8.04. The molecule has 1 aromatic carbocycles. The van der Waals surface area contributed by atoms with Gasteiger partial charge in [-0.2, -0.15) is 0 Å². The van der Waals surface area contributed by atoms with E-state index >= 15 is 0 Å². The van der Waals surface area contributed by atoms with Gasteiger partial charge >= 0.3 is 0 Å². The molecule has 0 radical (unpaired) electrons. The monoisotopic (exact) mass is 332 g/mol. The van der Waals surface area contributed by atoms with Gasteiger partial charge in [-0.05, 0) is 30.3 Å². The molecule has 1 aliphatic rings. The minimum Gasteiger partial charge on any atom is -0.397 e. The largest absolute Gasteiger partial charge is 0.397 e. The zero-order chi connectivity index (χ0) is 13.9. The first-order valence-electron chi connectivity index (χ1n) is 6.70. The van der Waals surface area contributed by atoms with E-state index in [0.29, 0.717) is 0 Å². The summed E-state index contributed by atoms with van der Waals surface area (Å²) in [7, 11) is 0. The molecule has 0 amide bonds. The normalized spacial score (nSPS) is 15.4. The van der Waals surface area contributed by atoms with Crippen molar-refractivity contribution in [2.45, 2.75) is 0 Å². The second-order valence-electron chi connectivity index (χ2n) is 4.87. The second-order valence-corrected chi connectivity index (χ2v) is 5.78. The zero-order valence-corrected chi connectivity index (χ0v) is 12.8. The van der Waals surface area contributed by atoms with Crippen LogP contribution in [0.4, 0.5) is 17.2 Å². The number of hydrogen-bond acceptors (Lipinski definition) is 4. The molecule has 3 rings (SSSR count). The third-order valence-electron chi connectivity index (χ3n) is 3.58. The fourth-order valence-electron chi connectivity index (χ4n) is 2.53. The van der Waals surface area contributed by atoms with Gasteiger partial charge in [0.2, 0.25) is 0 Å². The number of nitrogens with two attached hydrogens (primary N) is 1. The molecule has 1 aliphatic heterocycles. The van der Waals surface area contributed by atoms with Gasteiger partial charge in [-0.15, -0.1) is 0 Å². The average Bonchev–Trinajstić information content (AvgIpc) is 2.48. The molecule has 2 N–H and O–H groups in total. The SMILES string of the molecule is Nc1cc(Br)ccc1N1CCN(c2ccccn2)CC1. The molecular formula is C15H17BrN4. The van der Waals surface area contributed by atoms with E-state index in [-0.39, 0.29) is 0 Å². The van der Waals surface area contributed by atoms with E-state index in [1.165, 1.54) is 0 Å². The standard InChI is InChI=1S/C15H17BrN4/c16-12-4-5-14(13(17)11-12)19-7-9-20(10-8-19)15-3-1-2-6-18-15/h1-6,11H,7-10,17H2. The lowest BCUT2D eigenvalue weighted by Crippen LogP contribution is -2.47. The van der Waals surface area contributed by atoms with Crippen molar-refractivity contribution in [1.82, 2.24) is 4.98 Å². The Hall–Kier alpha value is -1.75. The highest BCUT2D eigenvalue weighted by Crippen LogP contribution is 2.28. The van der Waals surface area contributed by atoms with Crippen LogP contribution in [0.15, 0.2) is 47.1 Å². The van der Waals surface area contributed by atoms with Crippen LogP contribution in [0.5, 0.6) is 0 Å². The molecule has 0 unspecified atom stereocenters. The van der Waals surface area contributed by atoms with Gasteiger partial charge < -0.3 is 15.5 Å². The number of piperazine rings is 1. The molecule has 1 aromatic heterocycles. The van der Waals surface area contributed by atoms with Gasteiger partial charge in [0, 0.05) is 36.8 Å². The third-order valence-corrected chi connectivity index (χ3v) is 4.08. The quantitative estimate of drug-likeness (QED) is 0.859. The zero-order valence-electron chi connectivity index (χ0n) is 11.2. The molecule has 20 heavy (non-hydrogen) atoms. The summed E-state index contributed by atoms with van der Waals surface area (Å²) in [5.74, 6) is 1.05. The molecule has 1 fully saturated rings. The van der Waals surface area contributed by atoms with Crippen molar-refractivity contribution in [2.24, 2.45) is 0 Å². The molecule has 0 saturated carbocycles. The predicted molar refractivity (Wildman–Crippen MR) is 87.2 cm³/mol. The summed E-state index contributed by atoms with van der Waals surface area (Å²) in [6.45, 7) is 3.85. The van der Waals surface area contributed by atoms with Crippen molar-refractivity contribution < 1.29 is 0 Å². The number of nitrogens with zero attached hydrogens (tertiary/aromatic N) is 3. The van der Waals surface area contributed by atoms with Gasteiger partial charge in [0.05, 0.1) is 11.4 Å². The number of halogens is 1. The van der Waals surface area contributed by atoms with E-state index in [0.717, 1.165) is 47.8 Å². The summed E-state index contributed by atoms with van der Waals surface area (Å²) >= 11 is 3.45. The van der Waals surface area contributed by atoms with E-state index in [2.05, 4.69) is 42.8 Å². The van der Waals surface area contributed by atoms with E-state index in [4.69, 9.17) is 5.73 Å². The number of aromatic nitrogens is 1. The summed E-state index contributed by atoms with van der Waals surface area (Å²) in [6, 6.07) is 12.1. The summed E-state index contributed by atoms with van der Waals surface area (Å²) in [4.78, 5) is 9.05. The summed E-state index contributed by atoms with van der Waals surface area (Å²) in [5, 5.41) is 0. The lowest BCUT2D eigenvalue weighted by molar-refractivity contribution is 0.648. The van der Waals surface area contributed by atoms with E-state index in [1.54, 1.807) is 0 Å². The number of nitrogen functional groups attached to an aromatic ring is 1. The molecule has 5 heteroatoms. The van der Waals surface area contributed by atoms with Gasteiger partial charge in [0.25, 0.3) is 0 Å². The minimum absolute atomic E-state index is 0.825. The Morgan fingerprint density at radius 3 is 2.40 bits per heavy atom. The van der Waals surface area contributed by atoms with Crippen molar-refractivity contribution >= 4 is 33.1 Å². The topological polar surface area (TPSA) is 45.4 Å². The highest BCUT2D eigenvalue weighted by Gasteiger charge is 2.19. The number of anilines is 3. The molecule has 2 aromatic rings. The maximum atomic E-state index is 6.10. The van der Waals surface area contributed by atoms with Crippen LogP contribution < -0.4 is 15.5 Å². The fourth-order valence-corrected chi connectivity index (χ4v) is 2.91. The first-order valence-corrected chi connectivity index (χ1v) is 7.49. The number of benzene rings is 1. The van der Waals surface area contributed by atoms with Crippen LogP contribution in [0.3, 0.4) is 0 Å². The maximum absolute atomic E-state index is 6.10. The lowest BCUT2D eigenvalue weighted by atomic mass is 10.2. The van der Waals surface area contributed by atoms with Crippen molar-refractivity contribution in [1.29, 1.82) is 0 Å². The minimum atomic E-state index is 0.825. The van der Waals surface area contributed by atoms with Gasteiger partial charge in [0.15, 0.2) is 0 Å². The van der Waals surface area contributed by atoms with Crippen LogP contribution in [0.2, 0.25) is 0 Å². The smallest absolute Gasteiger partial charge is 0.128 e. The second kappa shape index (κ2) is 5.71. The highest BCUT2D eigenvalue weighted by molar-refractivity contribution is 9.10. The summed E-state index contributed by atoms with van der Waals surface area (Å²) < 4.78 is 1.02. The van der Waals surface area contributed by atoms with Crippen molar-refractivity contribution in [2.75, 3.05) is 41.7 Å². The molecule has 1 saturated heterocycles. The average molecular weight is 333 g/mol. The Kier molecular flexibility index (Phi) is 3.78. The Labute approximate surface area is 127 Å². The lowest BCUT2D eigenvalue weighted by Gasteiger charge is -2.37. The van der Waals surface area contributed by atoms with Crippen LogP contribution in [-0.2, 0) is 0 Å². The Balaban J connectivity index is 1.69. The predicted octanol–water partition coefficient (Wildman–Crippen LogP) is 2.75. The maximum Gasteiger partial charge on any atom is 0.128 e. The van der Waals surface area contributed by atoms with E-state index < -0.39 is 0 Å². The molecule has 0 aliphatic carbocycles. The molecule has 4 nitrogen and oxygen atoms in total. The molecule has 0 spiro atoms. The molecular weight excluding hydrogens is 316 g/mol. The van der Waals surface area contributed by atoms with Gasteiger partial charge in [0.1, 0.15) is 5.82 Å². The van der Waals surface area contributed by atoms with Crippen molar-refractivity contribution in [3.63, 3.8) is 0 Å². The van der Waals surface area contributed by atoms with Crippen LogP contribution in [0, 0.1) is 0 Å². The van der Waals surface area contributed by atoms with Crippen molar-refractivity contribution in [3.8, 4) is 0 Å².